The van der Waals surface area contributed by atoms with Gasteiger partial charge in [0.15, 0.2) is 5.75 Å². The molecule has 0 fully saturated rings. The van der Waals surface area contributed by atoms with E-state index in [4.69, 9.17) is 38.4 Å². The molecule has 30 heavy (non-hydrogen) atoms. The van der Waals surface area contributed by atoms with Gasteiger partial charge in [-0.15, -0.1) is 5.10 Å². The summed E-state index contributed by atoms with van der Waals surface area (Å²) in [6.07, 6.45) is 0. The molecule has 1 aromatic heterocycles. The summed E-state index contributed by atoms with van der Waals surface area (Å²) in [4.78, 5) is 0. The number of H-pyrrole nitrogens is 1. The van der Waals surface area contributed by atoms with Crippen molar-refractivity contribution in [2.24, 2.45) is 5.73 Å². The number of aromatic nitrogens is 2. The van der Waals surface area contributed by atoms with Crippen molar-refractivity contribution >= 4 is 23.2 Å². The Morgan fingerprint density at radius 2 is 1.87 bits per heavy atom. The lowest BCUT2D eigenvalue weighted by atomic mass is 9.84. The number of ether oxygens (including phenoxy) is 2. The van der Waals surface area contributed by atoms with E-state index in [0.717, 1.165) is 16.8 Å². The van der Waals surface area contributed by atoms with Gasteiger partial charge < -0.3 is 15.2 Å². The zero-order valence-electron chi connectivity index (χ0n) is 16.3. The summed E-state index contributed by atoms with van der Waals surface area (Å²) >= 11 is 13.0. The highest BCUT2D eigenvalue weighted by Crippen LogP contribution is 2.45. The fourth-order valence-electron chi connectivity index (χ4n) is 3.46. The van der Waals surface area contributed by atoms with Crippen molar-refractivity contribution in [3.63, 3.8) is 0 Å². The molecule has 152 valence electrons. The van der Waals surface area contributed by atoms with Crippen LogP contribution in [0.1, 0.15) is 33.9 Å². The molecule has 3 aromatic rings. The second kappa shape index (κ2) is 7.94. The van der Waals surface area contributed by atoms with E-state index >= 15 is 0 Å². The average molecular weight is 441 g/mol. The molecule has 2 aromatic carbocycles. The maximum atomic E-state index is 9.68. The number of nitrogens with zero attached hydrogens (tertiary/aromatic N) is 2. The van der Waals surface area contributed by atoms with Crippen molar-refractivity contribution in [2.75, 3.05) is 0 Å². The molecule has 0 aliphatic carbocycles. The second-order valence-corrected chi connectivity index (χ2v) is 7.89. The molecule has 4 rings (SSSR count). The summed E-state index contributed by atoms with van der Waals surface area (Å²) in [7, 11) is 0. The van der Waals surface area contributed by atoms with E-state index in [1.165, 1.54) is 5.56 Å². The molecule has 0 unspecified atom stereocenters. The fraction of sp³-hybridized carbons (Fsp3) is 0.182. The van der Waals surface area contributed by atoms with E-state index in [1.54, 1.807) is 12.1 Å². The normalized spacial score (nSPS) is 15.4. The molecule has 0 spiro atoms. The SMILES string of the molecule is Cc1ccc(COc2c(Cl)cc([C@H]3C(C#N)=C(N)Oc4n[nH]c(C)c43)cc2Cl)cc1. The Labute approximate surface area is 183 Å². The van der Waals surface area contributed by atoms with E-state index < -0.39 is 5.92 Å². The first-order chi connectivity index (χ1) is 14.4. The summed E-state index contributed by atoms with van der Waals surface area (Å²) in [5.41, 5.74) is 10.6. The third kappa shape index (κ3) is 3.58. The lowest BCUT2D eigenvalue weighted by molar-refractivity contribution is 0.306. The van der Waals surface area contributed by atoms with Crippen molar-refractivity contribution in [3.05, 3.63) is 85.8 Å². The van der Waals surface area contributed by atoms with Crippen LogP contribution in [0.5, 0.6) is 11.6 Å². The number of nitriles is 1. The number of benzene rings is 2. The van der Waals surface area contributed by atoms with E-state index in [2.05, 4.69) is 16.3 Å². The van der Waals surface area contributed by atoms with Gasteiger partial charge in [0.25, 0.3) is 0 Å². The standard InChI is InChI=1S/C22H18Cl2N4O2/c1-11-3-5-13(6-4-11)10-29-20-16(23)7-14(8-17(20)24)19-15(9-25)21(26)30-22-18(19)12(2)27-28-22/h3-8,19H,10,26H2,1-2H3,(H,27,28)/t19-/m0/s1. The van der Waals surface area contributed by atoms with Crippen LogP contribution in [0.4, 0.5) is 0 Å². The molecule has 0 bridgehead atoms. The first-order valence-corrected chi connectivity index (χ1v) is 9.94. The summed E-state index contributed by atoms with van der Waals surface area (Å²) in [5.74, 6) is 0.224. The van der Waals surface area contributed by atoms with Crippen molar-refractivity contribution in [3.8, 4) is 17.7 Å². The van der Waals surface area contributed by atoms with Crippen LogP contribution in [0.15, 0.2) is 47.9 Å². The summed E-state index contributed by atoms with van der Waals surface area (Å²) in [5, 5.41) is 17.4. The monoisotopic (exact) mass is 440 g/mol. The molecule has 3 N–H and O–H groups in total. The minimum absolute atomic E-state index is 0.00782. The van der Waals surface area contributed by atoms with Gasteiger partial charge in [-0.3, -0.25) is 5.10 Å². The van der Waals surface area contributed by atoms with Crippen molar-refractivity contribution in [1.82, 2.24) is 10.2 Å². The molecule has 6 nitrogen and oxygen atoms in total. The third-order valence-corrected chi connectivity index (χ3v) is 5.55. The molecule has 0 amide bonds. The van der Waals surface area contributed by atoms with E-state index in [9.17, 15) is 5.26 Å². The van der Waals surface area contributed by atoms with Crippen LogP contribution in [0.2, 0.25) is 10.0 Å². The van der Waals surface area contributed by atoms with Crippen molar-refractivity contribution < 1.29 is 9.47 Å². The number of aromatic amines is 1. The summed E-state index contributed by atoms with van der Waals surface area (Å²) < 4.78 is 11.4. The molecule has 0 saturated carbocycles. The van der Waals surface area contributed by atoms with Gasteiger partial charge in [0, 0.05) is 11.3 Å². The predicted octanol–water partition coefficient (Wildman–Crippen LogP) is 5.13. The number of nitrogens with one attached hydrogen (secondary N) is 1. The molecule has 2 heterocycles. The molecule has 8 heteroatoms. The highest BCUT2D eigenvalue weighted by Gasteiger charge is 2.35. The Morgan fingerprint density at radius 1 is 1.20 bits per heavy atom. The van der Waals surface area contributed by atoms with Crippen LogP contribution in [0.3, 0.4) is 0 Å². The van der Waals surface area contributed by atoms with E-state index in [-0.39, 0.29) is 11.5 Å². The molecule has 1 aliphatic heterocycles. The molecular formula is C22H18Cl2N4O2. The zero-order chi connectivity index (χ0) is 21.4. The maximum Gasteiger partial charge on any atom is 0.244 e. The Hall–Kier alpha value is -3.14. The van der Waals surface area contributed by atoms with Crippen LogP contribution in [0, 0.1) is 25.2 Å². The Bertz CT molecular complexity index is 1170. The fourth-order valence-corrected chi connectivity index (χ4v) is 4.07. The molecule has 0 saturated heterocycles. The van der Waals surface area contributed by atoms with Gasteiger partial charge in [-0.25, -0.2) is 0 Å². The van der Waals surface area contributed by atoms with Gasteiger partial charge in [0.05, 0.1) is 16.0 Å². The van der Waals surface area contributed by atoms with E-state index in [0.29, 0.717) is 33.8 Å². The van der Waals surface area contributed by atoms with Crippen LogP contribution in [-0.2, 0) is 6.61 Å². The smallest absolute Gasteiger partial charge is 0.244 e. The van der Waals surface area contributed by atoms with E-state index in [1.807, 2.05) is 38.1 Å². The quantitative estimate of drug-likeness (QED) is 0.585. The predicted molar refractivity (Wildman–Crippen MR) is 115 cm³/mol. The van der Waals surface area contributed by atoms with Crippen LogP contribution >= 0.6 is 23.2 Å². The van der Waals surface area contributed by atoms with Crippen LogP contribution in [0.25, 0.3) is 0 Å². The second-order valence-electron chi connectivity index (χ2n) is 7.08. The average Bonchev–Trinajstić information content (AvgIpc) is 3.07. The number of aryl methyl sites for hydroxylation is 2. The first-order valence-electron chi connectivity index (χ1n) is 9.18. The Kier molecular flexibility index (Phi) is 5.33. The number of hydrogen-bond acceptors (Lipinski definition) is 5. The van der Waals surface area contributed by atoms with Gasteiger partial charge in [-0.2, -0.15) is 5.26 Å². The minimum Gasteiger partial charge on any atom is -0.486 e. The highest BCUT2D eigenvalue weighted by molar-refractivity contribution is 6.37. The number of nitrogens with two attached hydrogens (primary N) is 1. The maximum absolute atomic E-state index is 9.68. The largest absolute Gasteiger partial charge is 0.486 e. The molecule has 1 aliphatic rings. The number of hydrogen-bond donors (Lipinski definition) is 2. The first kappa shape index (κ1) is 20.1. The number of fused-ring (bicyclic) bond motifs is 1. The van der Waals surface area contributed by atoms with Gasteiger partial charge in [-0.1, -0.05) is 53.0 Å². The van der Waals surface area contributed by atoms with Gasteiger partial charge in [0.2, 0.25) is 11.8 Å². The Morgan fingerprint density at radius 3 is 2.50 bits per heavy atom. The highest BCUT2D eigenvalue weighted by atomic mass is 35.5. The molecule has 0 radical (unpaired) electrons. The third-order valence-electron chi connectivity index (χ3n) is 4.99. The van der Waals surface area contributed by atoms with Gasteiger partial charge in [-0.05, 0) is 37.1 Å². The summed E-state index contributed by atoms with van der Waals surface area (Å²) in [6.45, 7) is 4.20. The minimum atomic E-state index is -0.501. The number of rotatable bonds is 4. The molecular weight excluding hydrogens is 423 g/mol. The lowest BCUT2D eigenvalue weighted by Gasteiger charge is -2.24. The molecule has 1 atom stereocenters. The van der Waals surface area contributed by atoms with Gasteiger partial charge >= 0.3 is 0 Å². The topological polar surface area (TPSA) is 96.9 Å². The van der Waals surface area contributed by atoms with Gasteiger partial charge in [0.1, 0.15) is 18.2 Å². The Balaban J connectivity index is 1.70. The summed E-state index contributed by atoms with van der Waals surface area (Å²) in [6, 6.07) is 13.6. The number of halogens is 2. The van der Waals surface area contributed by atoms with Crippen molar-refractivity contribution in [1.29, 1.82) is 5.26 Å². The van der Waals surface area contributed by atoms with Crippen LogP contribution in [-0.4, -0.2) is 10.2 Å². The van der Waals surface area contributed by atoms with Crippen molar-refractivity contribution in [2.45, 2.75) is 26.4 Å². The number of allylic oxidation sites excluding steroid dienone is 1. The van der Waals surface area contributed by atoms with Crippen LogP contribution < -0.4 is 15.2 Å². The lowest BCUT2D eigenvalue weighted by Crippen LogP contribution is -2.21. The zero-order valence-corrected chi connectivity index (χ0v) is 17.8.